The van der Waals surface area contributed by atoms with Crippen LogP contribution in [0.4, 0.5) is 0 Å². The Kier molecular flexibility index (Phi) is 3.30. The molecule has 2 rings (SSSR count). The van der Waals surface area contributed by atoms with Gasteiger partial charge in [0.05, 0.1) is 16.5 Å². The molecule has 3 nitrogen and oxygen atoms in total. The quantitative estimate of drug-likeness (QED) is 0.696. The molecule has 1 atom stereocenters. The maximum Gasteiger partial charge on any atom is 0.178 e. The van der Waals surface area contributed by atoms with Gasteiger partial charge in [-0.05, 0) is 18.6 Å². The average Bonchev–Trinajstić information content (AvgIpc) is 2.79. The van der Waals surface area contributed by atoms with Crippen LogP contribution in [0.15, 0.2) is 24.4 Å². The fourth-order valence-corrected chi connectivity index (χ4v) is 2.00. The first-order chi connectivity index (χ1) is 8.17. The largest absolute Gasteiger partial charge is 0.360 e. The summed E-state index contributed by atoms with van der Waals surface area (Å²) in [5.41, 5.74) is 2.08. The number of fused-ring (bicyclic) bond motifs is 1. The van der Waals surface area contributed by atoms with Gasteiger partial charge in [0, 0.05) is 22.7 Å². The molecule has 4 heteroatoms. The normalized spacial score (nSPS) is 12.3. The molecule has 1 N–H and O–H groups in total. The average molecular weight is 291 g/mol. The van der Waals surface area contributed by atoms with Crippen LogP contribution < -0.4 is 0 Å². The van der Waals surface area contributed by atoms with Crippen molar-refractivity contribution in [2.75, 3.05) is 0 Å². The van der Waals surface area contributed by atoms with Crippen LogP contribution >= 0.6 is 15.9 Å². The lowest BCUT2D eigenvalue weighted by Crippen LogP contribution is -2.12. The topological polar surface area (TPSA) is 56.6 Å². The molecule has 1 aromatic heterocycles. The van der Waals surface area contributed by atoms with E-state index in [1.165, 1.54) is 0 Å². The molecule has 0 saturated carbocycles. The fraction of sp³-hybridized carbons (Fsp3) is 0.231. The molecule has 0 aliphatic rings. The van der Waals surface area contributed by atoms with Gasteiger partial charge in [-0.25, -0.2) is 0 Å². The Morgan fingerprint density at radius 3 is 3.00 bits per heavy atom. The van der Waals surface area contributed by atoms with Crippen molar-refractivity contribution < 1.29 is 4.79 Å². The summed E-state index contributed by atoms with van der Waals surface area (Å²) in [6, 6.07) is 7.37. The van der Waals surface area contributed by atoms with E-state index in [0.29, 0.717) is 11.1 Å². The van der Waals surface area contributed by atoms with E-state index in [-0.39, 0.29) is 10.6 Å². The number of carbonyl (C=O) groups excluding carboxylic acids is 1. The van der Waals surface area contributed by atoms with E-state index in [1.807, 2.05) is 13.0 Å². The Bertz CT molecular complexity index is 609. The third-order valence-electron chi connectivity index (χ3n) is 2.72. The van der Waals surface area contributed by atoms with E-state index >= 15 is 0 Å². The molecule has 17 heavy (non-hydrogen) atoms. The molecule has 0 aliphatic heterocycles. The molecular weight excluding hydrogens is 280 g/mol. The van der Waals surface area contributed by atoms with Crippen LogP contribution in [0.25, 0.3) is 10.9 Å². The summed E-state index contributed by atoms with van der Waals surface area (Å²) in [7, 11) is 0. The lowest BCUT2D eigenvalue weighted by molar-refractivity contribution is 0.0992. The minimum absolute atomic E-state index is 0.0726. The van der Waals surface area contributed by atoms with E-state index in [2.05, 4.69) is 27.0 Å². The zero-order valence-electron chi connectivity index (χ0n) is 9.33. The SMILES string of the molecule is CCC(Br)C(=O)c1c[nH]c2cc(C#N)ccc12. The highest BCUT2D eigenvalue weighted by Crippen LogP contribution is 2.23. The van der Waals surface area contributed by atoms with Crippen molar-refractivity contribution in [2.24, 2.45) is 0 Å². The third kappa shape index (κ3) is 2.11. The molecule has 1 heterocycles. The number of nitrogens with zero attached hydrogens (tertiary/aromatic N) is 1. The van der Waals surface area contributed by atoms with Crippen molar-refractivity contribution in [1.29, 1.82) is 5.26 Å². The molecule has 0 saturated heterocycles. The number of carbonyl (C=O) groups is 1. The number of hydrogen-bond donors (Lipinski definition) is 1. The number of hydrogen-bond acceptors (Lipinski definition) is 2. The third-order valence-corrected chi connectivity index (χ3v) is 3.78. The monoisotopic (exact) mass is 290 g/mol. The van der Waals surface area contributed by atoms with E-state index in [0.717, 1.165) is 17.3 Å². The van der Waals surface area contributed by atoms with Crippen molar-refractivity contribution in [3.63, 3.8) is 0 Å². The predicted octanol–water partition coefficient (Wildman–Crippen LogP) is 3.40. The number of alkyl halides is 1. The minimum atomic E-state index is -0.155. The Morgan fingerprint density at radius 1 is 1.59 bits per heavy atom. The van der Waals surface area contributed by atoms with Gasteiger partial charge < -0.3 is 4.98 Å². The lowest BCUT2D eigenvalue weighted by Gasteiger charge is -2.04. The number of H-pyrrole nitrogens is 1. The zero-order chi connectivity index (χ0) is 12.4. The Hall–Kier alpha value is -1.60. The van der Waals surface area contributed by atoms with E-state index in [9.17, 15) is 4.79 Å². The Labute approximate surface area is 108 Å². The summed E-state index contributed by atoms with van der Waals surface area (Å²) in [6.07, 6.45) is 2.46. The molecule has 0 bridgehead atoms. The molecule has 0 spiro atoms. The first-order valence-electron chi connectivity index (χ1n) is 5.37. The molecule has 1 aromatic carbocycles. The van der Waals surface area contributed by atoms with Crippen LogP contribution in [0.2, 0.25) is 0 Å². The van der Waals surface area contributed by atoms with Crippen LogP contribution in [0.1, 0.15) is 29.3 Å². The Balaban J connectivity index is 2.51. The zero-order valence-corrected chi connectivity index (χ0v) is 10.9. The van der Waals surface area contributed by atoms with E-state index in [1.54, 1.807) is 18.3 Å². The van der Waals surface area contributed by atoms with Gasteiger partial charge in [-0.3, -0.25) is 4.79 Å². The molecule has 0 fully saturated rings. The maximum atomic E-state index is 12.1. The van der Waals surface area contributed by atoms with Gasteiger partial charge in [0.1, 0.15) is 0 Å². The summed E-state index contributed by atoms with van der Waals surface area (Å²) in [6.45, 7) is 1.96. The highest BCUT2D eigenvalue weighted by molar-refractivity contribution is 9.10. The van der Waals surface area contributed by atoms with Crippen LogP contribution in [-0.4, -0.2) is 15.6 Å². The molecular formula is C13H11BrN2O. The summed E-state index contributed by atoms with van der Waals surface area (Å²) < 4.78 is 0. The lowest BCUT2D eigenvalue weighted by atomic mass is 10.0. The number of nitrogens with one attached hydrogen (secondary N) is 1. The molecule has 1 unspecified atom stereocenters. The first-order valence-corrected chi connectivity index (χ1v) is 6.28. The van der Waals surface area contributed by atoms with Gasteiger partial charge in [-0.1, -0.05) is 28.9 Å². The van der Waals surface area contributed by atoms with Crippen molar-refractivity contribution in [3.05, 3.63) is 35.5 Å². The van der Waals surface area contributed by atoms with Crippen molar-refractivity contribution in [1.82, 2.24) is 4.98 Å². The van der Waals surface area contributed by atoms with Gasteiger partial charge in [0.2, 0.25) is 0 Å². The van der Waals surface area contributed by atoms with E-state index in [4.69, 9.17) is 5.26 Å². The standard InChI is InChI=1S/C13H11BrN2O/c1-2-11(14)13(17)10-7-16-12-5-8(6-15)3-4-9(10)12/h3-5,7,11,16H,2H2,1H3. The number of halogens is 1. The smallest absolute Gasteiger partial charge is 0.178 e. The molecule has 0 amide bonds. The van der Waals surface area contributed by atoms with E-state index < -0.39 is 0 Å². The number of Topliss-reactive ketones (excluding diaryl/α,β-unsaturated/α-hetero) is 1. The van der Waals surface area contributed by atoms with Crippen LogP contribution in [0, 0.1) is 11.3 Å². The summed E-state index contributed by atoms with van der Waals surface area (Å²) >= 11 is 3.36. The molecule has 0 radical (unpaired) electrons. The van der Waals surface area contributed by atoms with Gasteiger partial charge in [-0.15, -0.1) is 0 Å². The van der Waals surface area contributed by atoms with Gasteiger partial charge >= 0.3 is 0 Å². The van der Waals surface area contributed by atoms with Gasteiger partial charge in [-0.2, -0.15) is 5.26 Å². The molecule has 86 valence electrons. The minimum Gasteiger partial charge on any atom is -0.360 e. The predicted molar refractivity (Wildman–Crippen MR) is 70.4 cm³/mol. The van der Waals surface area contributed by atoms with Crippen LogP contribution in [0.3, 0.4) is 0 Å². The summed E-state index contributed by atoms with van der Waals surface area (Å²) in [5, 5.41) is 9.67. The Morgan fingerprint density at radius 2 is 2.35 bits per heavy atom. The highest BCUT2D eigenvalue weighted by atomic mass is 79.9. The second-order valence-electron chi connectivity index (χ2n) is 3.81. The van der Waals surface area contributed by atoms with Gasteiger partial charge in [0.25, 0.3) is 0 Å². The second-order valence-corrected chi connectivity index (χ2v) is 4.92. The number of aromatic nitrogens is 1. The second kappa shape index (κ2) is 4.72. The number of nitriles is 1. The maximum absolute atomic E-state index is 12.1. The summed E-state index contributed by atoms with van der Waals surface area (Å²) in [5.74, 6) is 0.0726. The number of rotatable bonds is 3. The fourth-order valence-electron chi connectivity index (χ4n) is 1.75. The van der Waals surface area contributed by atoms with Crippen LogP contribution in [-0.2, 0) is 0 Å². The number of ketones is 1. The van der Waals surface area contributed by atoms with Crippen molar-refractivity contribution in [2.45, 2.75) is 18.2 Å². The highest BCUT2D eigenvalue weighted by Gasteiger charge is 2.18. The molecule has 2 aromatic rings. The van der Waals surface area contributed by atoms with Crippen molar-refractivity contribution >= 4 is 32.6 Å². The molecule has 0 aliphatic carbocycles. The summed E-state index contributed by atoms with van der Waals surface area (Å²) in [4.78, 5) is 14.9. The van der Waals surface area contributed by atoms with Crippen molar-refractivity contribution in [3.8, 4) is 6.07 Å². The van der Waals surface area contributed by atoms with Crippen LogP contribution in [0.5, 0.6) is 0 Å². The van der Waals surface area contributed by atoms with Gasteiger partial charge in [0.15, 0.2) is 5.78 Å². The number of benzene rings is 1. The first kappa shape index (κ1) is 11.9. The number of aromatic amines is 1.